The number of aromatic nitrogens is 2. The number of fused-ring (bicyclic) bond motifs is 1. The van der Waals surface area contributed by atoms with Crippen LogP contribution in [0.4, 0.5) is 5.13 Å². The van der Waals surface area contributed by atoms with Crippen LogP contribution < -0.4 is 21.7 Å². The smallest absolute Gasteiger partial charge is 0.352 e. The highest BCUT2D eigenvalue weighted by atomic mass is 32.2. The number of carbonyl (C=O) groups is 7. The summed E-state index contributed by atoms with van der Waals surface area (Å²) in [6, 6.07) is -4.25. The Bertz CT molecular complexity index is 1660. The molecule has 0 radical (unpaired) electrons. The van der Waals surface area contributed by atoms with Crippen LogP contribution in [0.1, 0.15) is 64.7 Å². The number of allylic oxidation sites excluding steroid dienone is 1. The van der Waals surface area contributed by atoms with E-state index in [-0.39, 0.29) is 58.7 Å². The van der Waals surface area contributed by atoms with Crippen molar-refractivity contribution in [1.82, 2.24) is 29.8 Å². The van der Waals surface area contributed by atoms with Gasteiger partial charge in [0, 0.05) is 54.8 Å². The monoisotopic (exact) mass is 749 g/mol. The number of nitroso groups, excluding NO2 is 1. The van der Waals surface area contributed by atoms with Gasteiger partial charge in [-0.2, -0.15) is 4.37 Å². The van der Waals surface area contributed by atoms with Gasteiger partial charge in [0.25, 0.3) is 11.8 Å². The van der Waals surface area contributed by atoms with E-state index in [4.69, 9.17) is 5.73 Å². The van der Waals surface area contributed by atoms with Gasteiger partial charge in [0.15, 0.2) is 5.82 Å². The van der Waals surface area contributed by atoms with Gasteiger partial charge in [0.05, 0.1) is 0 Å². The summed E-state index contributed by atoms with van der Waals surface area (Å²) >= 11 is 1.81. The third-order valence-electron chi connectivity index (χ3n) is 8.45. The van der Waals surface area contributed by atoms with Gasteiger partial charge in [-0.15, -0.1) is 16.7 Å². The number of aliphatic carboxylic acids is 2. The molecule has 2 fully saturated rings. The average Bonchev–Trinajstić information content (AvgIpc) is 3.69. The molecule has 1 aromatic heterocycles. The molecule has 19 nitrogen and oxygen atoms in total. The number of hydrogen-bond acceptors (Lipinski definition) is 14. The summed E-state index contributed by atoms with van der Waals surface area (Å²) in [7, 11) is 0. The van der Waals surface area contributed by atoms with Crippen molar-refractivity contribution < 1.29 is 43.8 Å². The lowest BCUT2D eigenvalue weighted by atomic mass is 10.0. The largest absolute Gasteiger partial charge is 0.480 e. The summed E-state index contributed by atoms with van der Waals surface area (Å²) in [5, 5.41) is 28.3. The Balaban J connectivity index is 1.37. The molecule has 1 aromatic rings. The van der Waals surface area contributed by atoms with Crippen molar-refractivity contribution in [3.8, 4) is 0 Å². The van der Waals surface area contributed by atoms with Crippen LogP contribution in [0.25, 0.3) is 0 Å². The van der Waals surface area contributed by atoms with Gasteiger partial charge in [-0.1, -0.05) is 27.2 Å². The van der Waals surface area contributed by atoms with Gasteiger partial charge in [-0.05, 0) is 35.6 Å². The lowest BCUT2D eigenvalue weighted by molar-refractivity contribution is -0.150. The predicted molar refractivity (Wildman–Crippen MR) is 183 cm³/mol. The van der Waals surface area contributed by atoms with Gasteiger partial charge < -0.3 is 36.8 Å². The molecule has 0 aromatic carbocycles. The number of carbonyl (C=O) groups excluding carboxylic acids is 5. The Labute approximate surface area is 300 Å². The number of rotatable bonds is 17. The van der Waals surface area contributed by atoms with Crippen molar-refractivity contribution in [3.63, 3.8) is 0 Å². The van der Waals surface area contributed by atoms with E-state index in [1.54, 1.807) is 18.7 Å². The van der Waals surface area contributed by atoms with Crippen LogP contribution in [0.2, 0.25) is 0 Å². The molecule has 21 heteroatoms. The number of carboxylic acids is 2. The van der Waals surface area contributed by atoms with Crippen LogP contribution >= 0.6 is 23.3 Å². The minimum Gasteiger partial charge on any atom is -0.480 e. The molecule has 4 heterocycles. The number of likely N-dealkylation sites (tertiary alicyclic amines) is 1. The Morgan fingerprint density at radius 1 is 1.14 bits per heavy atom. The minimum absolute atomic E-state index is 0.109. The molecule has 0 spiro atoms. The van der Waals surface area contributed by atoms with E-state index in [9.17, 15) is 48.7 Å². The molecule has 5 unspecified atom stereocenters. The Morgan fingerprint density at radius 3 is 2.45 bits per heavy atom. The fourth-order valence-corrected chi connectivity index (χ4v) is 7.74. The van der Waals surface area contributed by atoms with E-state index >= 15 is 0 Å². The third kappa shape index (κ3) is 8.76. The van der Waals surface area contributed by atoms with Gasteiger partial charge in [0.1, 0.15) is 23.2 Å². The Morgan fingerprint density at radius 2 is 1.84 bits per heavy atom. The van der Waals surface area contributed by atoms with Gasteiger partial charge in [-0.3, -0.25) is 28.9 Å². The number of amides is 5. The fraction of sp³-hybridized carbons (Fsp3) is 0.567. The first-order valence-electron chi connectivity index (χ1n) is 16.1. The summed E-state index contributed by atoms with van der Waals surface area (Å²) in [5.41, 5.74) is 6.27. The number of nitrogens with two attached hydrogens (primary N) is 1. The Hall–Kier alpha value is -4.76. The lowest BCUT2D eigenvalue weighted by Gasteiger charge is -2.49. The zero-order valence-electron chi connectivity index (χ0n) is 28.0. The predicted octanol–water partition coefficient (Wildman–Crippen LogP) is 0.314. The SMILES string of the molecule is CCCC(CN)N1CCC(=CC2=C(C(=O)O)N3C(=O)C(NC(=O)C(N=O)c4nsc(NC(=O)CCC(=O)NC(C(=O)O)C(C)C)n4)C3SC2)C1=O. The highest BCUT2D eigenvalue weighted by molar-refractivity contribution is 8.00. The molecule has 276 valence electrons. The van der Waals surface area contributed by atoms with Gasteiger partial charge in [-0.25, -0.2) is 14.6 Å². The van der Waals surface area contributed by atoms with E-state index in [1.807, 2.05) is 6.92 Å². The van der Waals surface area contributed by atoms with Crippen LogP contribution in [-0.2, 0) is 33.6 Å². The number of hydrogen-bond donors (Lipinski definition) is 6. The van der Waals surface area contributed by atoms with Gasteiger partial charge >= 0.3 is 11.9 Å². The van der Waals surface area contributed by atoms with Crippen molar-refractivity contribution in [2.75, 3.05) is 24.2 Å². The molecule has 51 heavy (non-hydrogen) atoms. The maximum atomic E-state index is 13.2. The van der Waals surface area contributed by atoms with Crippen molar-refractivity contribution in [3.05, 3.63) is 33.7 Å². The fourth-order valence-electron chi connectivity index (χ4n) is 5.82. The molecule has 0 saturated carbocycles. The van der Waals surface area contributed by atoms with Crippen LogP contribution in [-0.4, -0.2) is 113 Å². The summed E-state index contributed by atoms with van der Waals surface area (Å²) in [6.45, 7) is 6.00. The number of thioether (sulfide) groups is 1. The molecule has 4 rings (SSSR count). The normalized spacial score (nSPS) is 21.2. The standard InChI is InChI=1S/C30H39N9O10S2/c1-4-5-16(11-31)38-9-8-14(25(38)43)10-15-12-50-27-21(26(44)39(27)22(15)29(47)48)34-24(42)20(36-49)23-35-30(51-37-23)33-18(41)7-6-17(40)32-19(13(2)3)28(45)46/h10,13,16,19-21,27H,4-9,11-12,31H2,1-3H3,(H,32,40)(H,34,42)(H,45,46)(H,47,48)(H,33,35,37,41). The number of nitrogens with one attached hydrogen (secondary N) is 3. The molecule has 0 aliphatic carbocycles. The molecular formula is C30H39N9O10S2. The minimum atomic E-state index is -1.81. The van der Waals surface area contributed by atoms with E-state index in [2.05, 4.69) is 30.5 Å². The van der Waals surface area contributed by atoms with Crippen LogP contribution in [0, 0.1) is 10.8 Å². The summed E-state index contributed by atoms with van der Waals surface area (Å²) in [4.78, 5) is 106. The van der Waals surface area contributed by atoms with Crippen molar-refractivity contribution in [2.45, 2.75) is 82.4 Å². The summed E-state index contributed by atoms with van der Waals surface area (Å²) in [6.07, 6.45) is 2.85. The zero-order valence-corrected chi connectivity index (χ0v) is 29.6. The van der Waals surface area contributed by atoms with E-state index < -0.39 is 59.1 Å². The number of nitrogens with zero attached hydrogens (tertiary/aromatic N) is 5. The molecule has 5 atom stereocenters. The number of carboxylic acid groups (broad SMARTS) is 2. The molecular weight excluding hydrogens is 711 g/mol. The molecule has 2 saturated heterocycles. The second-order valence-corrected chi connectivity index (χ2v) is 14.2. The Kier molecular flexibility index (Phi) is 13.0. The average molecular weight is 750 g/mol. The number of anilines is 1. The topological polar surface area (TPSA) is 284 Å². The van der Waals surface area contributed by atoms with Crippen molar-refractivity contribution >= 4 is 69.9 Å². The lowest BCUT2D eigenvalue weighted by Crippen LogP contribution is -2.70. The van der Waals surface area contributed by atoms with Crippen LogP contribution in [0.15, 0.2) is 28.1 Å². The van der Waals surface area contributed by atoms with E-state index in [0.29, 0.717) is 36.6 Å². The molecule has 5 amide bonds. The number of β-lactam (4-membered cyclic amide) rings is 1. The maximum Gasteiger partial charge on any atom is 0.352 e. The van der Waals surface area contributed by atoms with Crippen molar-refractivity contribution in [2.24, 2.45) is 16.8 Å². The maximum absolute atomic E-state index is 13.2. The van der Waals surface area contributed by atoms with E-state index in [1.165, 1.54) is 17.8 Å². The van der Waals surface area contributed by atoms with Crippen LogP contribution in [0.5, 0.6) is 0 Å². The van der Waals surface area contributed by atoms with Crippen LogP contribution in [0.3, 0.4) is 0 Å². The third-order valence-corrected chi connectivity index (χ3v) is 10.4. The highest BCUT2D eigenvalue weighted by Crippen LogP contribution is 2.41. The first kappa shape index (κ1) is 39.0. The summed E-state index contributed by atoms with van der Waals surface area (Å²) in [5.74, 6) is -6.52. The van der Waals surface area contributed by atoms with Crippen molar-refractivity contribution in [1.29, 1.82) is 0 Å². The first-order chi connectivity index (χ1) is 24.2. The molecule has 3 aliphatic heterocycles. The highest BCUT2D eigenvalue weighted by Gasteiger charge is 2.54. The quantitative estimate of drug-likeness (QED) is 0.0711. The molecule has 3 aliphatic rings. The van der Waals surface area contributed by atoms with Gasteiger partial charge in [0.2, 0.25) is 28.9 Å². The first-order valence-corrected chi connectivity index (χ1v) is 18.0. The summed E-state index contributed by atoms with van der Waals surface area (Å²) < 4.78 is 3.91. The molecule has 7 N–H and O–H groups in total. The van der Waals surface area contributed by atoms with E-state index in [0.717, 1.165) is 17.7 Å². The molecule has 0 bridgehead atoms. The second kappa shape index (κ2) is 17.0. The second-order valence-electron chi connectivity index (χ2n) is 12.3. The zero-order chi connectivity index (χ0) is 37.6.